The van der Waals surface area contributed by atoms with Crippen molar-refractivity contribution in [2.24, 2.45) is 0 Å². The van der Waals surface area contributed by atoms with Gasteiger partial charge in [-0.2, -0.15) is 0 Å². The van der Waals surface area contributed by atoms with Crippen molar-refractivity contribution >= 4 is 11.6 Å². The van der Waals surface area contributed by atoms with Crippen molar-refractivity contribution in [2.45, 2.75) is 49.6 Å². The maximum atomic E-state index is 12.7. The highest BCUT2D eigenvalue weighted by Gasteiger charge is 2.52. The van der Waals surface area contributed by atoms with Crippen LogP contribution in [0.2, 0.25) is 0 Å². The van der Waals surface area contributed by atoms with Crippen LogP contribution in [0.5, 0.6) is 11.5 Å². The van der Waals surface area contributed by atoms with Crippen LogP contribution in [-0.4, -0.2) is 35.9 Å². The molecule has 140 valence electrons. The van der Waals surface area contributed by atoms with Crippen LogP contribution in [0.15, 0.2) is 42.5 Å². The molecule has 3 heterocycles. The molecule has 3 aliphatic heterocycles. The molecule has 2 spiro atoms. The van der Waals surface area contributed by atoms with Crippen molar-refractivity contribution in [3.05, 3.63) is 48.1 Å². The molecule has 0 amide bonds. The molecule has 0 aromatic heterocycles. The molecule has 27 heavy (non-hydrogen) atoms. The fraction of sp³-hybridized carbons (Fsp3) is 0.429. The molecule has 0 unspecified atom stereocenters. The molecule has 0 radical (unpaired) electrons. The molecule has 1 aromatic carbocycles. The number of hydrogen-bond acceptors (Lipinski definition) is 6. The maximum absolute atomic E-state index is 12.7. The lowest BCUT2D eigenvalue weighted by Gasteiger charge is -2.29. The van der Waals surface area contributed by atoms with Crippen LogP contribution >= 0.6 is 0 Å². The summed E-state index contributed by atoms with van der Waals surface area (Å²) in [4.78, 5) is 24.0. The van der Waals surface area contributed by atoms with Gasteiger partial charge in [0.2, 0.25) is 6.79 Å². The largest absolute Gasteiger partial charge is 0.454 e. The number of carbonyl (C=O) groups excluding carboxylic acids is 2. The van der Waals surface area contributed by atoms with E-state index >= 15 is 0 Å². The van der Waals surface area contributed by atoms with Crippen LogP contribution in [-0.2, 0) is 14.3 Å². The predicted octanol–water partition coefficient (Wildman–Crippen LogP) is 3.11. The minimum atomic E-state index is -0.658. The third-order valence-corrected chi connectivity index (χ3v) is 5.67. The van der Waals surface area contributed by atoms with Gasteiger partial charge in [0, 0.05) is 24.8 Å². The predicted molar refractivity (Wildman–Crippen MR) is 94.7 cm³/mol. The zero-order valence-electron chi connectivity index (χ0n) is 14.8. The van der Waals surface area contributed by atoms with Crippen LogP contribution in [0.1, 0.15) is 42.5 Å². The number of allylic oxidation sites excluding steroid dienone is 2. The van der Waals surface area contributed by atoms with E-state index in [0.717, 1.165) is 25.7 Å². The van der Waals surface area contributed by atoms with Gasteiger partial charge in [-0.05, 0) is 55.3 Å². The Labute approximate surface area is 156 Å². The first kappa shape index (κ1) is 16.7. The number of fused-ring (bicyclic) bond motifs is 1. The second-order valence-corrected chi connectivity index (χ2v) is 7.51. The Bertz CT molecular complexity index is 853. The third-order valence-electron chi connectivity index (χ3n) is 5.67. The Morgan fingerprint density at radius 3 is 2.74 bits per heavy atom. The first-order valence-electron chi connectivity index (χ1n) is 9.28. The summed E-state index contributed by atoms with van der Waals surface area (Å²) in [5.41, 5.74) is 0.0497. The Hall–Kier alpha value is -2.44. The normalized spacial score (nSPS) is 29.9. The van der Waals surface area contributed by atoms with Crippen LogP contribution in [0, 0.1) is 0 Å². The standard InChI is InChI=1S/C21H20O6/c22-15-3-6-20(7-4-15)9-10-21(27-20)8-5-16(26-21)12-17(23)14-1-2-18-19(11-14)25-13-24-18/h1-4,6-7,11,16H,5,8-10,12-13H2/t16-,21-/m0/s1. The summed E-state index contributed by atoms with van der Waals surface area (Å²) in [5, 5.41) is 0. The van der Waals surface area contributed by atoms with Crippen molar-refractivity contribution in [2.75, 3.05) is 6.79 Å². The van der Waals surface area contributed by atoms with E-state index in [-0.39, 0.29) is 24.5 Å². The number of hydrogen-bond donors (Lipinski definition) is 0. The highest BCUT2D eigenvalue weighted by Crippen LogP contribution is 2.48. The molecule has 2 fully saturated rings. The number of Topliss-reactive ketones (excluding diaryl/α,β-unsaturated/α-hetero) is 1. The number of benzene rings is 1. The minimum Gasteiger partial charge on any atom is -0.454 e. The van der Waals surface area contributed by atoms with Gasteiger partial charge >= 0.3 is 0 Å². The topological polar surface area (TPSA) is 71.1 Å². The molecule has 1 aromatic rings. The summed E-state index contributed by atoms with van der Waals surface area (Å²) in [6.07, 6.45) is 9.93. The van der Waals surface area contributed by atoms with Crippen molar-refractivity contribution in [3.8, 4) is 11.5 Å². The Kier molecular flexibility index (Phi) is 3.74. The summed E-state index contributed by atoms with van der Waals surface area (Å²) in [6, 6.07) is 5.25. The second kappa shape index (κ2) is 6.04. The lowest BCUT2D eigenvalue weighted by molar-refractivity contribution is -0.222. The molecule has 2 saturated heterocycles. The van der Waals surface area contributed by atoms with E-state index in [9.17, 15) is 9.59 Å². The van der Waals surface area contributed by atoms with E-state index in [4.69, 9.17) is 18.9 Å². The third kappa shape index (κ3) is 2.99. The molecular weight excluding hydrogens is 348 g/mol. The molecule has 0 bridgehead atoms. The summed E-state index contributed by atoms with van der Waals surface area (Å²) >= 11 is 0. The average molecular weight is 368 g/mol. The Balaban J connectivity index is 1.24. The number of carbonyl (C=O) groups is 2. The van der Waals surface area contributed by atoms with E-state index in [0.29, 0.717) is 23.5 Å². The molecule has 0 N–H and O–H groups in total. The molecule has 5 rings (SSSR count). The highest BCUT2D eigenvalue weighted by molar-refractivity contribution is 6.00. The summed E-state index contributed by atoms with van der Waals surface area (Å²) < 4.78 is 23.1. The molecular formula is C21H20O6. The second-order valence-electron chi connectivity index (χ2n) is 7.51. The molecule has 4 aliphatic rings. The van der Waals surface area contributed by atoms with Crippen molar-refractivity contribution in [3.63, 3.8) is 0 Å². The first-order chi connectivity index (χ1) is 13.0. The van der Waals surface area contributed by atoms with E-state index in [2.05, 4.69) is 0 Å². The summed E-state index contributed by atoms with van der Waals surface area (Å²) in [6.45, 7) is 0.189. The molecule has 6 nitrogen and oxygen atoms in total. The number of ketones is 2. The van der Waals surface area contributed by atoms with Crippen molar-refractivity contribution < 1.29 is 28.5 Å². The van der Waals surface area contributed by atoms with Gasteiger partial charge in [0.05, 0.1) is 6.10 Å². The lowest BCUT2D eigenvalue weighted by Crippen LogP contribution is -2.34. The Morgan fingerprint density at radius 1 is 1.07 bits per heavy atom. The van der Waals surface area contributed by atoms with Crippen LogP contribution < -0.4 is 9.47 Å². The summed E-state index contributed by atoms with van der Waals surface area (Å²) in [7, 11) is 0. The van der Waals surface area contributed by atoms with Gasteiger partial charge < -0.3 is 18.9 Å². The zero-order valence-corrected chi connectivity index (χ0v) is 14.8. The van der Waals surface area contributed by atoms with Gasteiger partial charge in [0.25, 0.3) is 0 Å². The van der Waals surface area contributed by atoms with Gasteiger partial charge in [-0.15, -0.1) is 0 Å². The highest BCUT2D eigenvalue weighted by atomic mass is 16.7. The molecule has 2 atom stereocenters. The van der Waals surface area contributed by atoms with Crippen molar-refractivity contribution in [1.82, 2.24) is 0 Å². The van der Waals surface area contributed by atoms with Gasteiger partial charge in [0.1, 0.15) is 5.60 Å². The van der Waals surface area contributed by atoms with E-state index < -0.39 is 11.4 Å². The fourth-order valence-electron chi connectivity index (χ4n) is 4.23. The van der Waals surface area contributed by atoms with Crippen LogP contribution in [0.25, 0.3) is 0 Å². The van der Waals surface area contributed by atoms with Gasteiger partial charge in [0.15, 0.2) is 28.9 Å². The van der Waals surface area contributed by atoms with Gasteiger partial charge in [-0.3, -0.25) is 9.59 Å². The number of rotatable bonds is 3. The summed E-state index contributed by atoms with van der Waals surface area (Å²) in [5.74, 6) is 0.612. The minimum absolute atomic E-state index is 0.0196. The molecule has 1 aliphatic carbocycles. The quantitative estimate of drug-likeness (QED) is 0.764. The van der Waals surface area contributed by atoms with Crippen LogP contribution in [0.3, 0.4) is 0 Å². The monoisotopic (exact) mass is 368 g/mol. The van der Waals surface area contributed by atoms with Gasteiger partial charge in [-0.25, -0.2) is 0 Å². The van der Waals surface area contributed by atoms with Gasteiger partial charge in [-0.1, -0.05) is 0 Å². The van der Waals surface area contributed by atoms with E-state index in [1.54, 1.807) is 30.4 Å². The zero-order chi connectivity index (χ0) is 18.5. The maximum Gasteiger partial charge on any atom is 0.231 e. The SMILES string of the molecule is O=C1C=CC2(C=C1)CC[C@]1(CC[C@@H](CC(=O)c3ccc4c(c3)OCO4)O1)O2. The van der Waals surface area contributed by atoms with Crippen molar-refractivity contribution in [1.29, 1.82) is 0 Å². The first-order valence-corrected chi connectivity index (χ1v) is 9.28. The average Bonchev–Trinajstić information content (AvgIpc) is 3.37. The smallest absolute Gasteiger partial charge is 0.231 e. The lowest BCUT2D eigenvalue weighted by atomic mass is 9.94. The number of ether oxygens (including phenoxy) is 4. The van der Waals surface area contributed by atoms with E-state index in [1.165, 1.54) is 0 Å². The fourth-order valence-corrected chi connectivity index (χ4v) is 4.23. The van der Waals surface area contributed by atoms with E-state index in [1.807, 2.05) is 12.2 Å². The molecule has 0 saturated carbocycles. The molecule has 6 heteroatoms. The Morgan fingerprint density at radius 2 is 1.89 bits per heavy atom. The van der Waals surface area contributed by atoms with Crippen LogP contribution in [0.4, 0.5) is 0 Å².